The average molecular weight is 313 g/mol. The standard InChI is InChI=1S/C14H23N3O3S/c1-3-4-5-6-8-17(13(19)11-20-2)10-12(18)16-14-15-7-9-21-14/h7,9H,3-6,8,10-11H2,1-2H3,(H,15,16,18). The third-order valence-corrected chi connectivity index (χ3v) is 3.60. The third kappa shape index (κ3) is 7.19. The van der Waals surface area contributed by atoms with Crippen molar-refractivity contribution < 1.29 is 14.3 Å². The van der Waals surface area contributed by atoms with Crippen LogP contribution in [0.15, 0.2) is 11.6 Å². The SMILES string of the molecule is CCCCCCN(CC(=O)Nc1nccs1)C(=O)COC. The molecule has 118 valence electrons. The number of amides is 2. The third-order valence-electron chi connectivity index (χ3n) is 2.92. The summed E-state index contributed by atoms with van der Waals surface area (Å²) in [5, 5.41) is 5.02. The molecule has 1 rings (SSSR count). The summed E-state index contributed by atoms with van der Waals surface area (Å²) in [7, 11) is 1.48. The minimum atomic E-state index is -0.232. The van der Waals surface area contributed by atoms with Crippen LogP contribution >= 0.6 is 11.3 Å². The highest BCUT2D eigenvalue weighted by Gasteiger charge is 2.17. The molecule has 1 aromatic rings. The number of anilines is 1. The monoisotopic (exact) mass is 313 g/mol. The Morgan fingerprint density at radius 2 is 2.19 bits per heavy atom. The molecule has 0 aromatic carbocycles. The average Bonchev–Trinajstić information content (AvgIpc) is 2.95. The van der Waals surface area contributed by atoms with Crippen LogP contribution in [0.2, 0.25) is 0 Å². The number of nitrogens with zero attached hydrogens (tertiary/aromatic N) is 2. The molecule has 0 fully saturated rings. The van der Waals surface area contributed by atoms with E-state index < -0.39 is 0 Å². The molecule has 6 nitrogen and oxygen atoms in total. The van der Waals surface area contributed by atoms with Crippen molar-refractivity contribution in [1.82, 2.24) is 9.88 Å². The summed E-state index contributed by atoms with van der Waals surface area (Å²) in [5.41, 5.74) is 0. The summed E-state index contributed by atoms with van der Waals surface area (Å²) in [6.07, 6.45) is 5.85. The van der Waals surface area contributed by atoms with Gasteiger partial charge in [-0.05, 0) is 6.42 Å². The number of hydrogen-bond donors (Lipinski definition) is 1. The Morgan fingerprint density at radius 3 is 2.81 bits per heavy atom. The van der Waals surface area contributed by atoms with Gasteiger partial charge in [-0.15, -0.1) is 11.3 Å². The largest absolute Gasteiger partial charge is 0.375 e. The van der Waals surface area contributed by atoms with Gasteiger partial charge in [0.2, 0.25) is 11.8 Å². The van der Waals surface area contributed by atoms with Gasteiger partial charge in [0.1, 0.15) is 6.61 Å². The molecule has 1 heterocycles. The fourth-order valence-electron chi connectivity index (χ4n) is 1.85. The molecule has 7 heteroatoms. The lowest BCUT2D eigenvalue weighted by Crippen LogP contribution is -2.40. The molecule has 0 saturated heterocycles. The second-order valence-electron chi connectivity index (χ2n) is 4.69. The first-order valence-electron chi connectivity index (χ1n) is 7.13. The predicted octanol–water partition coefficient (Wildman–Crippen LogP) is 2.14. The number of hydrogen-bond acceptors (Lipinski definition) is 5. The molecule has 0 bridgehead atoms. The van der Waals surface area contributed by atoms with E-state index in [-0.39, 0.29) is 25.0 Å². The van der Waals surface area contributed by atoms with E-state index in [0.717, 1.165) is 25.7 Å². The lowest BCUT2D eigenvalue weighted by atomic mass is 10.2. The summed E-state index contributed by atoms with van der Waals surface area (Å²) in [5.74, 6) is -0.395. The number of carbonyl (C=O) groups is 2. The van der Waals surface area contributed by atoms with Crippen LogP contribution < -0.4 is 5.32 Å². The van der Waals surface area contributed by atoms with E-state index in [2.05, 4.69) is 17.2 Å². The van der Waals surface area contributed by atoms with E-state index in [0.29, 0.717) is 11.7 Å². The fraction of sp³-hybridized carbons (Fsp3) is 0.643. The van der Waals surface area contributed by atoms with Crippen molar-refractivity contribution in [2.45, 2.75) is 32.6 Å². The molecule has 2 amide bonds. The van der Waals surface area contributed by atoms with Gasteiger partial charge in [-0.1, -0.05) is 26.2 Å². The van der Waals surface area contributed by atoms with Gasteiger partial charge in [-0.3, -0.25) is 9.59 Å². The molecule has 0 atom stereocenters. The minimum absolute atomic E-state index is 0.00168. The van der Waals surface area contributed by atoms with Crippen molar-refractivity contribution in [3.8, 4) is 0 Å². The Bertz CT molecular complexity index is 423. The number of nitrogens with one attached hydrogen (secondary N) is 1. The Labute approximate surface area is 129 Å². The zero-order valence-electron chi connectivity index (χ0n) is 12.6. The van der Waals surface area contributed by atoms with E-state index >= 15 is 0 Å². The van der Waals surface area contributed by atoms with Crippen LogP contribution in [-0.4, -0.2) is 48.5 Å². The van der Waals surface area contributed by atoms with Crippen molar-refractivity contribution in [3.63, 3.8) is 0 Å². The van der Waals surface area contributed by atoms with E-state index in [1.807, 2.05) is 0 Å². The Morgan fingerprint density at radius 1 is 1.38 bits per heavy atom. The number of aromatic nitrogens is 1. The van der Waals surface area contributed by atoms with E-state index in [9.17, 15) is 9.59 Å². The van der Waals surface area contributed by atoms with Gasteiger partial charge in [0.25, 0.3) is 0 Å². The molecule has 0 radical (unpaired) electrons. The van der Waals surface area contributed by atoms with Crippen molar-refractivity contribution in [2.24, 2.45) is 0 Å². The summed E-state index contributed by atoms with van der Waals surface area (Å²) in [4.78, 5) is 29.4. The zero-order chi connectivity index (χ0) is 15.5. The van der Waals surface area contributed by atoms with Gasteiger partial charge in [-0.2, -0.15) is 0 Å². The van der Waals surface area contributed by atoms with E-state index in [1.54, 1.807) is 16.5 Å². The molecule has 0 spiro atoms. The first-order valence-corrected chi connectivity index (χ1v) is 8.01. The Balaban J connectivity index is 2.46. The van der Waals surface area contributed by atoms with Crippen molar-refractivity contribution in [2.75, 3.05) is 32.1 Å². The quantitative estimate of drug-likeness (QED) is 0.672. The highest BCUT2D eigenvalue weighted by atomic mass is 32.1. The van der Waals surface area contributed by atoms with Gasteiger partial charge in [0.05, 0.1) is 6.54 Å². The van der Waals surface area contributed by atoms with Crippen LogP contribution in [0.3, 0.4) is 0 Å². The van der Waals surface area contributed by atoms with Crippen molar-refractivity contribution >= 4 is 28.3 Å². The normalized spacial score (nSPS) is 10.4. The van der Waals surface area contributed by atoms with Crippen LogP contribution in [0, 0.1) is 0 Å². The molecule has 1 N–H and O–H groups in total. The molecule has 0 aliphatic heterocycles. The molecule has 0 aliphatic carbocycles. The van der Waals surface area contributed by atoms with Crippen LogP contribution in [-0.2, 0) is 14.3 Å². The van der Waals surface area contributed by atoms with Gasteiger partial charge >= 0.3 is 0 Å². The summed E-state index contributed by atoms with van der Waals surface area (Å²) in [6.45, 7) is 2.75. The molecular weight excluding hydrogens is 290 g/mol. The number of thiazole rings is 1. The van der Waals surface area contributed by atoms with Crippen LogP contribution in [0.4, 0.5) is 5.13 Å². The van der Waals surface area contributed by atoms with E-state index in [1.165, 1.54) is 18.4 Å². The lowest BCUT2D eigenvalue weighted by molar-refractivity contribution is -0.138. The molecular formula is C14H23N3O3S. The van der Waals surface area contributed by atoms with Gasteiger partial charge in [-0.25, -0.2) is 4.98 Å². The van der Waals surface area contributed by atoms with Gasteiger partial charge in [0, 0.05) is 25.2 Å². The van der Waals surface area contributed by atoms with Gasteiger partial charge in [0.15, 0.2) is 5.13 Å². The van der Waals surface area contributed by atoms with Crippen LogP contribution in [0.5, 0.6) is 0 Å². The van der Waals surface area contributed by atoms with Gasteiger partial charge < -0.3 is 15.0 Å². The number of rotatable bonds is 10. The summed E-state index contributed by atoms with van der Waals surface area (Å²) in [6, 6.07) is 0. The highest BCUT2D eigenvalue weighted by Crippen LogP contribution is 2.10. The maximum absolute atomic E-state index is 12.0. The minimum Gasteiger partial charge on any atom is -0.375 e. The second-order valence-corrected chi connectivity index (χ2v) is 5.59. The van der Waals surface area contributed by atoms with Crippen LogP contribution in [0.1, 0.15) is 32.6 Å². The number of unbranched alkanes of at least 4 members (excludes halogenated alkanes) is 3. The second kappa shape index (κ2) is 10.3. The fourth-order valence-corrected chi connectivity index (χ4v) is 2.40. The Kier molecular flexibility index (Phi) is 8.61. The molecule has 0 unspecified atom stereocenters. The Hall–Kier alpha value is -1.47. The summed E-state index contributed by atoms with van der Waals surface area (Å²) >= 11 is 1.35. The molecule has 21 heavy (non-hydrogen) atoms. The first-order chi connectivity index (χ1) is 10.2. The molecule has 1 aromatic heterocycles. The summed E-state index contributed by atoms with van der Waals surface area (Å²) < 4.78 is 4.87. The maximum Gasteiger partial charge on any atom is 0.249 e. The lowest BCUT2D eigenvalue weighted by Gasteiger charge is -2.21. The smallest absolute Gasteiger partial charge is 0.249 e. The predicted molar refractivity (Wildman–Crippen MR) is 83.3 cm³/mol. The van der Waals surface area contributed by atoms with Crippen LogP contribution in [0.25, 0.3) is 0 Å². The topological polar surface area (TPSA) is 71.5 Å². The number of methoxy groups -OCH3 is 1. The maximum atomic E-state index is 12.0. The number of ether oxygens (including phenoxy) is 1. The van der Waals surface area contributed by atoms with Crippen molar-refractivity contribution in [3.05, 3.63) is 11.6 Å². The first kappa shape index (κ1) is 17.6. The van der Waals surface area contributed by atoms with E-state index in [4.69, 9.17) is 4.74 Å². The zero-order valence-corrected chi connectivity index (χ0v) is 13.4. The van der Waals surface area contributed by atoms with Crippen molar-refractivity contribution in [1.29, 1.82) is 0 Å². The molecule has 0 saturated carbocycles. The molecule has 0 aliphatic rings. The highest BCUT2D eigenvalue weighted by molar-refractivity contribution is 7.13. The number of carbonyl (C=O) groups excluding carboxylic acids is 2.